The van der Waals surface area contributed by atoms with Gasteiger partial charge >= 0.3 is 5.97 Å². The minimum Gasteiger partial charge on any atom is -0.484 e. The second-order valence-corrected chi connectivity index (χ2v) is 6.57. The molecule has 0 spiro atoms. The molecule has 2 heterocycles. The monoisotopic (exact) mass is 409 g/mol. The average molecular weight is 409 g/mol. The van der Waals surface area contributed by atoms with E-state index in [-0.39, 0.29) is 18.8 Å². The fourth-order valence-electron chi connectivity index (χ4n) is 3.32. The van der Waals surface area contributed by atoms with Crippen LogP contribution in [0.4, 0.5) is 8.78 Å². The summed E-state index contributed by atoms with van der Waals surface area (Å²) in [4.78, 5) is 24.7. The maximum absolute atomic E-state index is 13.3. The molecule has 0 aliphatic rings. The van der Waals surface area contributed by atoms with Gasteiger partial charge in [0.2, 0.25) is 0 Å². The molecule has 2 aromatic carbocycles. The normalized spacial score (nSPS) is 11.0. The number of hydrogen-bond acceptors (Lipinski definition) is 4. The Morgan fingerprint density at radius 1 is 0.967 bits per heavy atom. The zero-order chi connectivity index (χ0) is 21.3. The summed E-state index contributed by atoms with van der Waals surface area (Å²) in [6.07, 6.45) is 1.67. The van der Waals surface area contributed by atoms with Gasteiger partial charge in [-0.2, -0.15) is 0 Å². The molecule has 0 amide bonds. The summed E-state index contributed by atoms with van der Waals surface area (Å²) in [5.41, 5.74) is 1.91. The van der Waals surface area contributed by atoms with Crippen LogP contribution in [0.3, 0.4) is 0 Å². The van der Waals surface area contributed by atoms with Crippen LogP contribution in [0.1, 0.15) is 27.6 Å². The van der Waals surface area contributed by atoms with Crippen LogP contribution in [0.15, 0.2) is 60.8 Å². The van der Waals surface area contributed by atoms with Crippen molar-refractivity contribution in [1.82, 2.24) is 4.40 Å². The summed E-state index contributed by atoms with van der Waals surface area (Å²) in [7, 11) is 0. The molecular weight excluding hydrogens is 392 g/mol. The Kier molecular flexibility index (Phi) is 5.18. The van der Waals surface area contributed by atoms with E-state index in [0.717, 1.165) is 23.0 Å². The van der Waals surface area contributed by atoms with Gasteiger partial charge < -0.3 is 13.9 Å². The Morgan fingerprint density at radius 2 is 1.77 bits per heavy atom. The highest BCUT2D eigenvalue weighted by atomic mass is 19.2. The van der Waals surface area contributed by atoms with Crippen molar-refractivity contribution in [1.29, 1.82) is 0 Å². The molecular formula is C23H17F2NO4. The molecule has 0 saturated carbocycles. The summed E-state index contributed by atoms with van der Waals surface area (Å²) in [5, 5.41) is 0.742. The summed E-state index contributed by atoms with van der Waals surface area (Å²) in [6, 6.07) is 13.7. The number of ether oxygens (including phenoxy) is 2. The standard InChI is InChI=1S/C23H17F2NO4/c1-2-29-23(28)22-16-5-3-4-6-19(16)26-12-15(8-10-20(22)26)30-13-21(27)14-7-9-17(24)18(25)11-14/h3-12H,2,13H2,1H3. The first-order valence-corrected chi connectivity index (χ1v) is 9.30. The van der Waals surface area contributed by atoms with Gasteiger partial charge in [0, 0.05) is 10.9 Å². The van der Waals surface area contributed by atoms with Gasteiger partial charge in [-0.3, -0.25) is 4.79 Å². The summed E-state index contributed by atoms with van der Waals surface area (Å²) in [5.74, 6) is -2.63. The summed E-state index contributed by atoms with van der Waals surface area (Å²) in [6.45, 7) is 1.66. The van der Waals surface area contributed by atoms with Gasteiger partial charge in [-0.05, 0) is 43.3 Å². The summed E-state index contributed by atoms with van der Waals surface area (Å²) < 4.78 is 38.9. The third kappa shape index (κ3) is 3.50. The number of carbonyl (C=O) groups is 2. The van der Waals surface area contributed by atoms with E-state index in [2.05, 4.69) is 0 Å². The average Bonchev–Trinajstić information content (AvgIpc) is 3.08. The molecule has 5 nitrogen and oxygen atoms in total. The fourth-order valence-corrected chi connectivity index (χ4v) is 3.32. The Bertz CT molecular complexity index is 1280. The van der Waals surface area contributed by atoms with Crippen molar-refractivity contribution in [3.8, 4) is 5.75 Å². The molecule has 4 aromatic rings. The van der Waals surface area contributed by atoms with Gasteiger partial charge in [0.25, 0.3) is 0 Å². The van der Waals surface area contributed by atoms with E-state index in [0.29, 0.717) is 16.8 Å². The topological polar surface area (TPSA) is 57.0 Å². The minimum absolute atomic E-state index is 0.0194. The molecule has 0 unspecified atom stereocenters. The van der Waals surface area contributed by atoms with Crippen LogP contribution in [0.5, 0.6) is 5.75 Å². The van der Waals surface area contributed by atoms with E-state index in [1.54, 1.807) is 29.7 Å². The number of rotatable bonds is 6. The molecule has 0 atom stereocenters. The smallest absolute Gasteiger partial charge is 0.340 e. The van der Waals surface area contributed by atoms with Crippen LogP contribution in [0.25, 0.3) is 16.4 Å². The third-order valence-corrected chi connectivity index (χ3v) is 4.70. The number of ketones is 1. The Balaban J connectivity index is 1.65. The van der Waals surface area contributed by atoms with Crippen LogP contribution in [0, 0.1) is 11.6 Å². The zero-order valence-electron chi connectivity index (χ0n) is 16.0. The van der Waals surface area contributed by atoms with Crippen molar-refractivity contribution in [3.05, 3.63) is 83.6 Å². The predicted molar refractivity (Wildman–Crippen MR) is 107 cm³/mol. The van der Waals surface area contributed by atoms with Gasteiger partial charge in [-0.1, -0.05) is 18.2 Å². The Labute approximate surface area is 170 Å². The molecule has 0 aliphatic carbocycles. The summed E-state index contributed by atoms with van der Waals surface area (Å²) >= 11 is 0. The molecule has 7 heteroatoms. The third-order valence-electron chi connectivity index (χ3n) is 4.70. The van der Waals surface area contributed by atoms with Crippen molar-refractivity contribution < 1.29 is 27.8 Å². The number of benzene rings is 2. The van der Waals surface area contributed by atoms with E-state index < -0.39 is 23.4 Å². The SMILES string of the molecule is CCOC(=O)c1c2ccccc2n2cc(OCC(=O)c3ccc(F)c(F)c3)ccc12. The van der Waals surface area contributed by atoms with E-state index in [4.69, 9.17) is 9.47 Å². The maximum atomic E-state index is 13.3. The lowest BCUT2D eigenvalue weighted by Gasteiger charge is -2.08. The maximum Gasteiger partial charge on any atom is 0.340 e. The number of halogens is 2. The van der Waals surface area contributed by atoms with Gasteiger partial charge in [-0.25, -0.2) is 13.6 Å². The first kappa shape index (κ1) is 19.6. The number of esters is 1. The Hall–Kier alpha value is -3.74. The minimum atomic E-state index is -1.09. The van der Waals surface area contributed by atoms with Crippen molar-refractivity contribution in [2.24, 2.45) is 0 Å². The van der Waals surface area contributed by atoms with Crippen LogP contribution < -0.4 is 4.74 Å². The molecule has 0 N–H and O–H groups in total. The van der Waals surface area contributed by atoms with E-state index >= 15 is 0 Å². The largest absolute Gasteiger partial charge is 0.484 e. The number of para-hydroxylation sites is 1. The van der Waals surface area contributed by atoms with Crippen molar-refractivity contribution in [2.45, 2.75) is 6.92 Å². The van der Waals surface area contributed by atoms with Gasteiger partial charge in [0.15, 0.2) is 24.0 Å². The lowest BCUT2D eigenvalue weighted by Crippen LogP contribution is -2.12. The number of pyridine rings is 1. The number of fused-ring (bicyclic) bond motifs is 3. The fraction of sp³-hybridized carbons (Fsp3) is 0.130. The highest BCUT2D eigenvalue weighted by Gasteiger charge is 2.19. The van der Waals surface area contributed by atoms with Gasteiger partial charge in [-0.15, -0.1) is 0 Å². The molecule has 0 radical (unpaired) electrons. The van der Waals surface area contributed by atoms with Crippen LogP contribution in [-0.2, 0) is 4.74 Å². The molecule has 2 aromatic heterocycles. The molecule has 0 bridgehead atoms. The lowest BCUT2D eigenvalue weighted by atomic mass is 10.1. The van der Waals surface area contributed by atoms with Crippen molar-refractivity contribution in [2.75, 3.05) is 13.2 Å². The Morgan fingerprint density at radius 3 is 2.53 bits per heavy atom. The number of aromatic nitrogens is 1. The van der Waals surface area contributed by atoms with Crippen molar-refractivity contribution in [3.63, 3.8) is 0 Å². The zero-order valence-corrected chi connectivity index (χ0v) is 16.0. The molecule has 30 heavy (non-hydrogen) atoms. The van der Waals surface area contributed by atoms with E-state index in [1.165, 1.54) is 6.07 Å². The highest BCUT2D eigenvalue weighted by Crippen LogP contribution is 2.29. The number of nitrogens with zero attached hydrogens (tertiary/aromatic N) is 1. The molecule has 0 saturated heterocycles. The lowest BCUT2D eigenvalue weighted by molar-refractivity contribution is 0.0530. The first-order valence-electron chi connectivity index (χ1n) is 9.30. The van der Waals surface area contributed by atoms with Gasteiger partial charge in [0.1, 0.15) is 5.75 Å². The van der Waals surface area contributed by atoms with E-state index in [1.807, 2.05) is 24.3 Å². The van der Waals surface area contributed by atoms with Crippen molar-refractivity contribution >= 4 is 28.2 Å². The molecule has 0 fully saturated rings. The highest BCUT2D eigenvalue weighted by molar-refractivity contribution is 6.11. The second kappa shape index (κ2) is 7.94. The molecule has 152 valence electrons. The first-order chi connectivity index (χ1) is 14.5. The number of Topliss-reactive ketones (excluding diaryl/α,β-unsaturated/α-hetero) is 1. The van der Waals surface area contributed by atoms with Gasteiger partial charge in [0.05, 0.1) is 29.4 Å². The van der Waals surface area contributed by atoms with Crippen LogP contribution in [-0.4, -0.2) is 29.4 Å². The second-order valence-electron chi connectivity index (χ2n) is 6.57. The quantitative estimate of drug-likeness (QED) is 0.339. The molecule has 4 rings (SSSR count). The molecule has 0 aliphatic heterocycles. The predicted octanol–water partition coefficient (Wildman–Crippen LogP) is 4.81. The van der Waals surface area contributed by atoms with Crippen LogP contribution >= 0.6 is 0 Å². The number of hydrogen-bond donors (Lipinski definition) is 0. The van der Waals surface area contributed by atoms with Crippen LogP contribution in [0.2, 0.25) is 0 Å². The van der Waals surface area contributed by atoms with E-state index in [9.17, 15) is 18.4 Å². The number of carbonyl (C=O) groups excluding carboxylic acids is 2.